The van der Waals surface area contributed by atoms with Crippen molar-refractivity contribution in [2.24, 2.45) is 0 Å². The van der Waals surface area contributed by atoms with Gasteiger partial charge in [0.05, 0.1) is 12.5 Å². The van der Waals surface area contributed by atoms with Gasteiger partial charge in [0.1, 0.15) is 5.69 Å². The molecular formula is C17H20N4O3S. The van der Waals surface area contributed by atoms with Crippen molar-refractivity contribution in [3.05, 3.63) is 47.6 Å². The molecule has 1 fully saturated rings. The number of aliphatic hydroxyl groups is 1. The fraction of sp³-hybridized carbons (Fsp3) is 0.412. The standard InChI is InChI=1S/C17H20N4O3S/c22-6-1-14-10-20(4-3-19(14)9-13-2-7-24-12-13)16(23)15-11-21-5-8-25-17(21)18-15/h2,5,7-8,11-12,14,22H,1,3-4,6,9-10H2/t14-/m0/s1. The molecule has 1 N–H and O–H groups in total. The summed E-state index contributed by atoms with van der Waals surface area (Å²) < 4.78 is 7.01. The van der Waals surface area contributed by atoms with Gasteiger partial charge in [-0.05, 0) is 12.5 Å². The first-order valence-electron chi connectivity index (χ1n) is 8.32. The molecule has 1 aliphatic heterocycles. The van der Waals surface area contributed by atoms with Crippen molar-refractivity contribution in [1.82, 2.24) is 19.2 Å². The van der Waals surface area contributed by atoms with Gasteiger partial charge in [0.2, 0.25) is 0 Å². The molecule has 4 heterocycles. The first-order chi connectivity index (χ1) is 12.2. The third-order valence-electron chi connectivity index (χ3n) is 4.63. The summed E-state index contributed by atoms with van der Waals surface area (Å²) in [6, 6.07) is 2.08. The average molecular weight is 360 g/mol. The Hall–Kier alpha value is -2.16. The summed E-state index contributed by atoms with van der Waals surface area (Å²) in [5.41, 5.74) is 1.59. The number of piperazine rings is 1. The monoisotopic (exact) mass is 360 g/mol. The van der Waals surface area contributed by atoms with E-state index in [1.807, 2.05) is 26.9 Å². The lowest BCUT2D eigenvalue weighted by Crippen LogP contribution is -2.54. The van der Waals surface area contributed by atoms with Crippen LogP contribution in [0.1, 0.15) is 22.5 Å². The quantitative estimate of drug-likeness (QED) is 0.750. The van der Waals surface area contributed by atoms with Crippen LogP contribution in [0, 0.1) is 0 Å². The van der Waals surface area contributed by atoms with Crippen LogP contribution >= 0.6 is 11.3 Å². The smallest absolute Gasteiger partial charge is 0.274 e. The first kappa shape index (κ1) is 16.3. The normalized spacial score (nSPS) is 18.9. The van der Waals surface area contributed by atoms with Crippen LogP contribution in [0.5, 0.6) is 0 Å². The second-order valence-corrected chi connectivity index (χ2v) is 7.11. The van der Waals surface area contributed by atoms with Gasteiger partial charge in [-0.1, -0.05) is 0 Å². The highest BCUT2D eigenvalue weighted by Gasteiger charge is 2.30. The van der Waals surface area contributed by atoms with E-state index in [1.165, 1.54) is 11.3 Å². The summed E-state index contributed by atoms with van der Waals surface area (Å²) in [4.78, 5) is 22.2. The van der Waals surface area contributed by atoms with Crippen molar-refractivity contribution >= 4 is 22.2 Å². The van der Waals surface area contributed by atoms with Crippen LogP contribution in [0.25, 0.3) is 4.96 Å². The van der Waals surface area contributed by atoms with Gasteiger partial charge in [-0.3, -0.25) is 14.1 Å². The number of imidazole rings is 1. The Balaban J connectivity index is 1.46. The molecule has 0 aliphatic carbocycles. The highest BCUT2D eigenvalue weighted by molar-refractivity contribution is 7.15. The minimum Gasteiger partial charge on any atom is -0.472 e. The van der Waals surface area contributed by atoms with Crippen LogP contribution in [0.2, 0.25) is 0 Å². The number of nitrogens with zero attached hydrogens (tertiary/aromatic N) is 4. The van der Waals surface area contributed by atoms with Crippen molar-refractivity contribution in [2.45, 2.75) is 19.0 Å². The number of carbonyl (C=O) groups is 1. The van der Waals surface area contributed by atoms with Crippen molar-refractivity contribution in [2.75, 3.05) is 26.2 Å². The van der Waals surface area contributed by atoms with E-state index in [1.54, 1.807) is 18.7 Å². The molecule has 132 valence electrons. The molecule has 8 heteroatoms. The number of carbonyl (C=O) groups excluding carboxylic acids is 1. The van der Waals surface area contributed by atoms with Gasteiger partial charge < -0.3 is 14.4 Å². The van der Waals surface area contributed by atoms with Crippen LogP contribution in [0.4, 0.5) is 0 Å². The number of aromatic nitrogens is 2. The second kappa shape index (κ2) is 6.99. The van der Waals surface area contributed by atoms with Gasteiger partial charge >= 0.3 is 0 Å². The molecule has 3 aromatic rings. The number of amides is 1. The van der Waals surface area contributed by atoms with Crippen molar-refractivity contribution < 1.29 is 14.3 Å². The molecular weight excluding hydrogens is 340 g/mol. The Labute approximate surface area is 149 Å². The maximum Gasteiger partial charge on any atom is 0.274 e. The highest BCUT2D eigenvalue weighted by atomic mass is 32.1. The summed E-state index contributed by atoms with van der Waals surface area (Å²) in [5.74, 6) is -0.0400. The molecule has 7 nitrogen and oxygen atoms in total. The zero-order valence-electron chi connectivity index (χ0n) is 13.7. The fourth-order valence-corrected chi connectivity index (χ4v) is 4.02. The van der Waals surface area contributed by atoms with E-state index in [0.717, 1.165) is 23.6 Å². The number of thiazole rings is 1. The lowest BCUT2D eigenvalue weighted by atomic mass is 10.1. The van der Waals surface area contributed by atoms with Crippen LogP contribution in [-0.2, 0) is 6.54 Å². The summed E-state index contributed by atoms with van der Waals surface area (Å²) in [7, 11) is 0. The van der Waals surface area contributed by atoms with Gasteiger partial charge in [0.25, 0.3) is 5.91 Å². The molecule has 0 aromatic carbocycles. The van der Waals surface area contributed by atoms with Gasteiger partial charge in [-0.15, -0.1) is 11.3 Å². The molecule has 0 radical (unpaired) electrons. The van der Waals surface area contributed by atoms with E-state index >= 15 is 0 Å². The minimum atomic E-state index is -0.0400. The van der Waals surface area contributed by atoms with Gasteiger partial charge in [0.15, 0.2) is 4.96 Å². The molecule has 0 unspecified atom stereocenters. The average Bonchev–Trinajstić information content (AvgIpc) is 3.33. The van der Waals surface area contributed by atoms with Gasteiger partial charge in [0, 0.05) is 62.2 Å². The summed E-state index contributed by atoms with van der Waals surface area (Å²) in [6.45, 7) is 2.90. The largest absolute Gasteiger partial charge is 0.472 e. The first-order valence-corrected chi connectivity index (χ1v) is 9.20. The van der Waals surface area contributed by atoms with Crippen LogP contribution in [0.15, 0.2) is 40.8 Å². The molecule has 25 heavy (non-hydrogen) atoms. The molecule has 0 spiro atoms. The number of furan rings is 1. The lowest BCUT2D eigenvalue weighted by Gasteiger charge is -2.41. The Kier molecular flexibility index (Phi) is 4.56. The molecule has 1 amide bonds. The lowest BCUT2D eigenvalue weighted by molar-refractivity contribution is 0.0391. The van der Waals surface area contributed by atoms with Gasteiger partial charge in [-0.2, -0.15) is 0 Å². The van der Waals surface area contributed by atoms with Crippen molar-refractivity contribution in [1.29, 1.82) is 0 Å². The van der Waals surface area contributed by atoms with Crippen LogP contribution in [-0.4, -0.2) is 62.5 Å². The van der Waals surface area contributed by atoms with Crippen LogP contribution < -0.4 is 0 Å². The fourth-order valence-electron chi connectivity index (χ4n) is 3.32. The number of aliphatic hydroxyl groups excluding tert-OH is 1. The molecule has 3 aromatic heterocycles. The maximum atomic E-state index is 12.8. The summed E-state index contributed by atoms with van der Waals surface area (Å²) in [5, 5.41) is 11.4. The third-order valence-corrected chi connectivity index (χ3v) is 5.40. The van der Waals surface area contributed by atoms with Crippen molar-refractivity contribution in [3.8, 4) is 0 Å². The summed E-state index contributed by atoms with van der Waals surface area (Å²) >= 11 is 1.51. The minimum absolute atomic E-state index is 0.0400. The zero-order valence-corrected chi connectivity index (χ0v) is 14.6. The molecule has 0 bridgehead atoms. The molecule has 4 rings (SSSR count). The predicted octanol–water partition coefficient (Wildman–Crippen LogP) is 1.70. The van der Waals surface area contributed by atoms with Crippen LogP contribution in [0.3, 0.4) is 0 Å². The molecule has 1 atom stereocenters. The van der Waals surface area contributed by atoms with E-state index in [0.29, 0.717) is 25.2 Å². The maximum absolute atomic E-state index is 12.8. The second-order valence-electron chi connectivity index (χ2n) is 6.24. The Morgan fingerprint density at radius 3 is 3.12 bits per heavy atom. The SMILES string of the molecule is O=C(c1cn2ccsc2n1)N1CCN(Cc2ccoc2)[C@@H](CCO)C1. The van der Waals surface area contributed by atoms with E-state index in [4.69, 9.17) is 4.42 Å². The Bertz CT molecular complexity index is 813. The van der Waals surface area contributed by atoms with E-state index in [9.17, 15) is 9.90 Å². The predicted molar refractivity (Wildman–Crippen MR) is 93.6 cm³/mol. The summed E-state index contributed by atoms with van der Waals surface area (Å²) in [6.07, 6.45) is 7.74. The Morgan fingerprint density at radius 2 is 2.36 bits per heavy atom. The molecule has 1 saturated heterocycles. The van der Waals surface area contributed by atoms with Gasteiger partial charge in [-0.25, -0.2) is 4.98 Å². The third kappa shape index (κ3) is 3.33. The number of fused-ring (bicyclic) bond motifs is 1. The highest BCUT2D eigenvalue weighted by Crippen LogP contribution is 2.19. The van der Waals surface area contributed by atoms with E-state index in [2.05, 4.69) is 9.88 Å². The number of hydrogen-bond donors (Lipinski definition) is 1. The topological polar surface area (TPSA) is 74.2 Å². The molecule has 1 aliphatic rings. The Morgan fingerprint density at radius 1 is 1.44 bits per heavy atom. The molecule has 0 saturated carbocycles. The van der Waals surface area contributed by atoms with E-state index < -0.39 is 0 Å². The van der Waals surface area contributed by atoms with E-state index in [-0.39, 0.29) is 18.6 Å². The number of hydrogen-bond acceptors (Lipinski definition) is 6. The number of rotatable bonds is 5. The zero-order chi connectivity index (χ0) is 17.2. The van der Waals surface area contributed by atoms with Crippen molar-refractivity contribution in [3.63, 3.8) is 0 Å².